The lowest BCUT2D eigenvalue weighted by molar-refractivity contribution is 0.667. The van der Waals surface area contributed by atoms with E-state index in [-0.39, 0.29) is 0 Å². The summed E-state index contributed by atoms with van der Waals surface area (Å²) in [7, 11) is 0. The maximum absolute atomic E-state index is 4.94. The Balaban J connectivity index is 0.822. The van der Waals surface area contributed by atoms with Gasteiger partial charge in [0.15, 0.2) is 0 Å². The monoisotopic (exact) mass is 1190 g/mol. The summed E-state index contributed by atoms with van der Waals surface area (Å²) in [6.45, 7) is 13.0. The molecule has 6 nitrogen and oxygen atoms in total. The molecule has 12 aromatic rings. The van der Waals surface area contributed by atoms with Crippen molar-refractivity contribution in [1.29, 1.82) is 0 Å². The molecule has 0 aliphatic rings. The first kappa shape index (κ1) is 57.9. The molecular formula is C76H68N6S4. The molecule has 0 spiro atoms. The minimum Gasteiger partial charge on any atom is -0.311 e. The van der Waals surface area contributed by atoms with Crippen LogP contribution in [0.5, 0.6) is 0 Å². The number of unbranched alkanes of at least 4 members (excludes halogenated alkanes) is 6. The smallest absolute Gasteiger partial charge is 0.114 e. The molecule has 0 amide bonds. The van der Waals surface area contributed by atoms with Crippen LogP contribution < -0.4 is 9.80 Å². The summed E-state index contributed by atoms with van der Waals surface area (Å²) in [6, 6.07) is 66.2. The summed E-state index contributed by atoms with van der Waals surface area (Å²) in [5.41, 5.74) is 24.3. The quantitative estimate of drug-likeness (QED) is 0.0560. The fourth-order valence-electron chi connectivity index (χ4n) is 11.2. The number of nitrogens with zero attached hydrogens (tertiary/aromatic N) is 6. The Morgan fingerprint density at radius 3 is 0.942 bits per heavy atom. The second-order valence-corrected chi connectivity index (χ2v) is 25.6. The summed E-state index contributed by atoms with van der Waals surface area (Å²) in [6.07, 6.45) is 11.4. The molecule has 0 bridgehead atoms. The zero-order chi connectivity index (χ0) is 58.9. The van der Waals surface area contributed by atoms with Crippen LogP contribution in [-0.4, -0.2) is 17.5 Å². The van der Waals surface area contributed by atoms with Gasteiger partial charge < -0.3 is 9.80 Å². The molecule has 0 aliphatic heterocycles. The molecule has 4 heterocycles. The average molecular weight is 1190 g/mol. The molecule has 12 rings (SSSR count). The fourth-order valence-corrected chi connectivity index (χ4v) is 14.5. The summed E-state index contributed by atoms with van der Waals surface area (Å²) < 4.78 is 19.7. The predicted octanol–water partition coefficient (Wildman–Crippen LogP) is 22.3. The predicted molar refractivity (Wildman–Crippen MR) is 370 cm³/mol. The topological polar surface area (TPSA) is 58.0 Å². The number of benzene rings is 8. The van der Waals surface area contributed by atoms with Gasteiger partial charge in [0.25, 0.3) is 0 Å². The Labute approximate surface area is 523 Å². The van der Waals surface area contributed by atoms with Gasteiger partial charge in [0.1, 0.15) is 22.1 Å². The van der Waals surface area contributed by atoms with Crippen LogP contribution in [0.15, 0.2) is 182 Å². The van der Waals surface area contributed by atoms with Gasteiger partial charge >= 0.3 is 0 Å². The van der Waals surface area contributed by atoms with Gasteiger partial charge in [-0.05, 0) is 184 Å². The second kappa shape index (κ2) is 26.8. The van der Waals surface area contributed by atoms with Crippen LogP contribution >= 0.6 is 46.1 Å². The molecule has 8 aromatic carbocycles. The number of fused-ring (bicyclic) bond motifs is 2. The number of hydrogen-bond acceptors (Lipinski definition) is 10. The third kappa shape index (κ3) is 12.9. The molecule has 0 aliphatic carbocycles. The van der Waals surface area contributed by atoms with Gasteiger partial charge in [-0.1, -0.05) is 172 Å². The summed E-state index contributed by atoms with van der Waals surface area (Å²) in [5.74, 6) is 13.8. The highest BCUT2D eigenvalue weighted by Gasteiger charge is 2.21. The maximum Gasteiger partial charge on any atom is 0.114 e. The Hall–Kier alpha value is -8.48. The SMILES string of the molecule is CCCCCCc1cc(-c2ccc(-c3ccc(N(c4ccc(C)cc4)c4ccc(C)cc4)cc3)c3nsnc23)sc1C#CC#Cc1sc(-c2ccc(-c3ccc(N(c4ccc(C)cc4)c4ccc(C)cc4)cc3)c3nsnc23)cc1CCCCCC. The van der Waals surface area contributed by atoms with E-state index in [2.05, 4.69) is 257 Å². The first-order chi connectivity index (χ1) is 42.2. The van der Waals surface area contributed by atoms with Gasteiger partial charge in [0.2, 0.25) is 0 Å². The molecule has 0 unspecified atom stereocenters. The normalized spacial score (nSPS) is 11.2. The molecule has 426 valence electrons. The van der Waals surface area contributed by atoms with Crippen molar-refractivity contribution in [2.45, 2.75) is 106 Å². The van der Waals surface area contributed by atoms with E-state index in [1.54, 1.807) is 22.7 Å². The van der Waals surface area contributed by atoms with Gasteiger partial charge in [-0.15, -0.1) is 22.7 Å². The third-order valence-electron chi connectivity index (χ3n) is 16.0. The molecule has 10 heteroatoms. The Morgan fingerprint density at radius 1 is 0.337 bits per heavy atom. The highest BCUT2D eigenvalue weighted by molar-refractivity contribution is 7.16. The lowest BCUT2D eigenvalue weighted by Crippen LogP contribution is -2.09. The van der Waals surface area contributed by atoms with E-state index in [0.717, 1.165) is 135 Å². The zero-order valence-electron chi connectivity index (χ0n) is 49.7. The van der Waals surface area contributed by atoms with E-state index in [1.807, 2.05) is 0 Å². The molecule has 0 fully saturated rings. The summed E-state index contributed by atoms with van der Waals surface area (Å²) in [5, 5.41) is 0. The lowest BCUT2D eigenvalue weighted by atomic mass is 9.99. The molecule has 0 atom stereocenters. The van der Waals surface area contributed by atoms with E-state index in [4.69, 9.17) is 17.5 Å². The highest BCUT2D eigenvalue weighted by atomic mass is 32.1. The average Bonchev–Trinajstić information content (AvgIpc) is 2.28. The number of anilines is 6. The van der Waals surface area contributed by atoms with Crippen LogP contribution in [0.3, 0.4) is 0 Å². The minimum atomic E-state index is 0.916. The Kier molecular flexibility index (Phi) is 18.1. The maximum atomic E-state index is 4.94. The molecule has 0 radical (unpaired) electrons. The fraction of sp³-hybridized carbons (Fsp3) is 0.211. The molecular weight excluding hydrogens is 1130 g/mol. The van der Waals surface area contributed by atoms with E-state index in [9.17, 15) is 0 Å². The van der Waals surface area contributed by atoms with Crippen molar-refractivity contribution in [1.82, 2.24) is 17.5 Å². The Morgan fingerprint density at radius 2 is 0.628 bits per heavy atom. The highest BCUT2D eigenvalue weighted by Crippen LogP contribution is 2.44. The first-order valence-corrected chi connectivity index (χ1v) is 33.2. The standard InChI is InChI=1S/C76H68N6S4/c1-7-9-11-13-17-57-49-71(67-47-45-65(73-75(67)79-85-77-73)55-29-41-63(42-30-55)81(59-33-21-51(3)22-34-59)60-35-23-52(4)24-36-60)83-69(57)19-15-16-20-70-58(18-14-12-10-8-2)50-72(84-70)68-48-46-66(74-76(68)80-86-78-74)56-31-43-64(44-32-56)82(61-37-25-53(5)26-38-61)62-39-27-54(6)28-40-62/h21-50H,7-14,17-18H2,1-6H3. The van der Waals surface area contributed by atoms with Crippen molar-refractivity contribution >= 4 is 102 Å². The van der Waals surface area contributed by atoms with E-state index in [0.29, 0.717) is 0 Å². The molecule has 86 heavy (non-hydrogen) atoms. The molecule has 4 aromatic heterocycles. The van der Waals surface area contributed by atoms with Crippen LogP contribution in [0.1, 0.15) is 108 Å². The van der Waals surface area contributed by atoms with Gasteiger partial charge in [-0.2, -0.15) is 17.5 Å². The first-order valence-electron chi connectivity index (χ1n) is 30.1. The van der Waals surface area contributed by atoms with Crippen molar-refractivity contribution in [2.75, 3.05) is 9.80 Å². The van der Waals surface area contributed by atoms with Crippen LogP contribution in [0.4, 0.5) is 34.1 Å². The van der Waals surface area contributed by atoms with E-state index < -0.39 is 0 Å². The molecule has 0 saturated heterocycles. The number of thiophene rings is 2. The van der Waals surface area contributed by atoms with Crippen LogP contribution in [0.2, 0.25) is 0 Å². The van der Waals surface area contributed by atoms with Crippen LogP contribution in [-0.2, 0) is 12.8 Å². The van der Waals surface area contributed by atoms with Crippen molar-refractivity contribution in [3.63, 3.8) is 0 Å². The van der Waals surface area contributed by atoms with Crippen LogP contribution in [0, 0.1) is 51.4 Å². The number of rotatable bonds is 20. The van der Waals surface area contributed by atoms with E-state index >= 15 is 0 Å². The van der Waals surface area contributed by atoms with Gasteiger partial charge in [0, 0.05) is 66.1 Å². The second-order valence-electron chi connectivity index (χ2n) is 22.4. The lowest BCUT2D eigenvalue weighted by Gasteiger charge is -2.26. The third-order valence-corrected chi connectivity index (χ3v) is 19.3. The number of hydrogen-bond donors (Lipinski definition) is 0. The Bertz CT molecular complexity index is 4030. The summed E-state index contributed by atoms with van der Waals surface area (Å²) >= 11 is 6.04. The van der Waals surface area contributed by atoms with Crippen LogP contribution in [0.25, 0.3) is 65.2 Å². The van der Waals surface area contributed by atoms with Gasteiger partial charge in [0.05, 0.1) is 33.2 Å². The summed E-state index contributed by atoms with van der Waals surface area (Å²) in [4.78, 5) is 9.08. The minimum absolute atomic E-state index is 0.916. The number of aromatic nitrogens is 4. The molecule has 0 saturated carbocycles. The van der Waals surface area contributed by atoms with Gasteiger partial charge in [-0.3, -0.25) is 0 Å². The van der Waals surface area contributed by atoms with Gasteiger partial charge in [-0.25, -0.2) is 0 Å². The van der Waals surface area contributed by atoms with Crippen molar-refractivity contribution < 1.29 is 0 Å². The van der Waals surface area contributed by atoms with E-state index in [1.165, 1.54) is 95.4 Å². The zero-order valence-corrected chi connectivity index (χ0v) is 53.0. The van der Waals surface area contributed by atoms with Crippen molar-refractivity contribution in [3.8, 4) is 66.8 Å². The largest absolute Gasteiger partial charge is 0.311 e. The van der Waals surface area contributed by atoms with Crippen molar-refractivity contribution in [3.05, 3.63) is 225 Å². The number of aryl methyl sites for hydroxylation is 6. The molecule has 0 N–H and O–H groups in total. The van der Waals surface area contributed by atoms with Crippen molar-refractivity contribution in [2.24, 2.45) is 0 Å².